The summed E-state index contributed by atoms with van der Waals surface area (Å²) >= 11 is 0. The third-order valence-corrected chi connectivity index (χ3v) is 6.01. The minimum Gasteiger partial charge on any atom is -0.352 e. The fraction of sp³-hybridized carbons (Fsp3) is 0.360. The van der Waals surface area contributed by atoms with E-state index in [0.717, 1.165) is 55.1 Å². The Morgan fingerprint density at radius 3 is 2.50 bits per heavy atom. The number of nitrogens with zero attached hydrogens (tertiary/aromatic N) is 3. The van der Waals surface area contributed by atoms with Crippen LogP contribution >= 0.6 is 0 Å². The van der Waals surface area contributed by atoms with E-state index in [9.17, 15) is 4.79 Å². The molecule has 0 radical (unpaired) electrons. The van der Waals surface area contributed by atoms with Crippen molar-refractivity contribution in [2.45, 2.75) is 39.8 Å². The van der Waals surface area contributed by atoms with Gasteiger partial charge in [-0.3, -0.25) is 9.69 Å². The number of para-hydroxylation sites is 1. The molecule has 0 aliphatic carbocycles. The van der Waals surface area contributed by atoms with Crippen molar-refractivity contribution in [3.63, 3.8) is 0 Å². The molecule has 1 aliphatic rings. The van der Waals surface area contributed by atoms with Gasteiger partial charge in [-0.1, -0.05) is 48.5 Å². The number of hydrogen-bond donors (Lipinski definition) is 1. The second-order valence-corrected chi connectivity index (χ2v) is 8.17. The van der Waals surface area contributed by atoms with Crippen LogP contribution in [0.3, 0.4) is 0 Å². The van der Waals surface area contributed by atoms with Crippen LogP contribution in [0.4, 0.5) is 0 Å². The van der Waals surface area contributed by atoms with Gasteiger partial charge in [0, 0.05) is 30.9 Å². The third kappa shape index (κ3) is 4.62. The average molecular weight is 403 g/mol. The minimum atomic E-state index is 0.0484. The van der Waals surface area contributed by atoms with Crippen LogP contribution in [0.5, 0.6) is 0 Å². The standard InChI is InChI=1S/C25H30N4O/c1-19-24(20(2)29(27-19)23-13-7-4-8-14-23)16-26-25(30)22-12-9-15-28(18-22)17-21-10-5-3-6-11-21/h3-8,10-11,13-14,22H,9,12,15-18H2,1-2H3,(H,26,30). The van der Waals surface area contributed by atoms with Crippen LogP contribution in [0, 0.1) is 19.8 Å². The zero-order valence-corrected chi connectivity index (χ0v) is 17.8. The first-order valence-electron chi connectivity index (χ1n) is 10.8. The Kier molecular flexibility index (Phi) is 6.29. The van der Waals surface area contributed by atoms with Gasteiger partial charge in [0.05, 0.1) is 17.3 Å². The molecule has 1 N–H and O–H groups in total. The van der Waals surface area contributed by atoms with E-state index >= 15 is 0 Å². The van der Waals surface area contributed by atoms with Gasteiger partial charge in [-0.25, -0.2) is 4.68 Å². The van der Waals surface area contributed by atoms with Crippen LogP contribution in [0.2, 0.25) is 0 Å². The molecular formula is C25H30N4O. The number of carbonyl (C=O) groups is 1. The molecule has 2 aromatic carbocycles. The van der Waals surface area contributed by atoms with Gasteiger partial charge >= 0.3 is 0 Å². The summed E-state index contributed by atoms with van der Waals surface area (Å²) in [5.74, 6) is 0.200. The summed E-state index contributed by atoms with van der Waals surface area (Å²) < 4.78 is 1.96. The smallest absolute Gasteiger partial charge is 0.224 e. The molecule has 3 aromatic rings. The molecule has 1 amide bonds. The number of likely N-dealkylation sites (tertiary alicyclic amines) is 1. The Morgan fingerprint density at radius 2 is 1.77 bits per heavy atom. The lowest BCUT2D eigenvalue weighted by Gasteiger charge is -2.32. The summed E-state index contributed by atoms with van der Waals surface area (Å²) in [5.41, 5.74) is 5.49. The van der Waals surface area contributed by atoms with E-state index in [1.807, 2.05) is 48.0 Å². The summed E-state index contributed by atoms with van der Waals surface area (Å²) in [5, 5.41) is 7.87. The molecule has 30 heavy (non-hydrogen) atoms. The Bertz CT molecular complexity index is 981. The molecule has 0 saturated carbocycles. The molecule has 1 saturated heterocycles. The first-order chi connectivity index (χ1) is 14.6. The first-order valence-corrected chi connectivity index (χ1v) is 10.8. The molecular weight excluding hydrogens is 372 g/mol. The van der Waals surface area contributed by atoms with Gasteiger partial charge in [0.15, 0.2) is 0 Å². The Morgan fingerprint density at radius 1 is 1.07 bits per heavy atom. The van der Waals surface area contributed by atoms with Crippen molar-refractivity contribution in [3.8, 4) is 5.69 Å². The Balaban J connectivity index is 1.37. The van der Waals surface area contributed by atoms with E-state index in [1.54, 1.807) is 0 Å². The van der Waals surface area contributed by atoms with Gasteiger partial charge in [0.2, 0.25) is 5.91 Å². The van der Waals surface area contributed by atoms with Gasteiger partial charge in [-0.05, 0) is 50.9 Å². The predicted molar refractivity (Wildman–Crippen MR) is 119 cm³/mol. The zero-order valence-electron chi connectivity index (χ0n) is 17.8. The van der Waals surface area contributed by atoms with E-state index < -0.39 is 0 Å². The van der Waals surface area contributed by atoms with Crippen molar-refractivity contribution < 1.29 is 4.79 Å². The summed E-state index contributed by atoms with van der Waals surface area (Å²) in [7, 11) is 0. The molecule has 156 valence electrons. The van der Waals surface area contributed by atoms with E-state index in [4.69, 9.17) is 0 Å². The molecule has 4 rings (SSSR count). The van der Waals surface area contributed by atoms with Crippen molar-refractivity contribution in [1.29, 1.82) is 0 Å². The quantitative estimate of drug-likeness (QED) is 0.678. The van der Waals surface area contributed by atoms with Gasteiger partial charge in [0.25, 0.3) is 0 Å². The number of nitrogens with one attached hydrogen (secondary N) is 1. The normalized spacial score (nSPS) is 17.1. The highest BCUT2D eigenvalue weighted by Crippen LogP contribution is 2.21. The van der Waals surface area contributed by atoms with Crippen LogP contribution in [0.25, 0.3) is 5.69 Å². The van der Waals surface area contributed by atoms with Gasteiger partial charge in [-0.2, -0.15) is 5.10 Å². The Labute approximate surface area is 178 Å². The van der Waals surface area contributed by atoms with Crippen LogP contribution in [0.15, 0.2) is 60.7 Å². The number of benzene rings is 2. The molecule has 5 nitrogen and oxygen atoms in total. The number of carbonyl (C=O) groups excluding carboxylic acids is 1. The topological polar surface area (TPSA) is 50.2 Å². The summed E-state index contributed by atoms with van der Waals surface area (Å²) in [4.78, 5) is 15.3. The highest BCUT2D eigenvalue weighted by molar-refractivity contribution is 5.79. The van der Waals surface area contributed by atoms with Crippen molar-refractivity contribution >= 4 is 5.91 Å². The van der Waals surface area contributed by atoms with Crippen molar-refractivity contribution in [1.82, 2.24) is 20.0 Å². The van der Waals surface area contributed by atoms with E-state index in [-0.39, 0.29) is 11.8 Å². The molecule has 1 fully saturated rings. The van der Waals surface area contributed by atoms with E-state index in [1.165, 1.54) is 5.56 Å². The second kappa shape index (κ2) is 9.26. The molecule has 5 heteroatoms. The van der Waals surface area contributed by atoms with Crippen molar-refractivity contribution in [3.05, 3.63) is 83.2 Å². The second-order valence-electron chi connectivity index (χ2n) is 8.17. The van der Waals surface area contributed by atoms with E-state index in [0.29, 0.717) is 6.54 Å². The van der Waals surface area contributed by atoms with Gasteiger partial charge < -0.3 is 5.32 Å². The van der Waals surface area contributed by atoms with Crippen LogP contribution in [0.1, 0.15) is 35.4 Å². The maximum atomic E-state index is 12.9. The Hall–Kier alpha value is -2.92. The third-order valence-electron chi connectivity index (χ3n) is 6.01. The maximum absolute atomic E-state index is 12.9. The number of piperidine rings is 1. The number of aromatic nitrogens is 2. The maximum Gasteiger partial charge on any atom is 0.224 e. The molecule has 1 aromatic heterocycles. The highest BCUT2D eigenvalue weighted by atomic mass is 16.1. The SMILES string of the molecule is Cc1nn(-c2ccccc2)c(C)c1CNC(=O)C1CCCN(Cc2ccccc2)C1. The van der Waals surface area contributed by atoms with Crippen LogP contribution in [-0.2, 0) is 17.9 Å². The average Bonchev–Trinajstić information content (AvgIpc) is 3.07. The number of rotatable bonds is 6. The summed E-state index contributed by atoms with van der Waals surface area (Å²) in [6.07, 6.45) is 2.02. The number of aryl methyl sites for hydroxylation is 1. The van der Waals surface area contributed by atoms with Gasteiger partial charge in [-0.15, -0.1) is 0 Å². The molecule has 1 atom stereocenters. The fourth-order valence-electron chi connectivity index (χ4n) is 4.33. The summed E-state index contributed by atoms with van der Waals surface area (Å²) in [6, 6.07) is 20.6. The summed E-state index contributed by atoms with van der Waals surface area (Å²) in [6.45, 7) is 7.39. The lowest BCUT2D eigenvalue weighted by Crippen LogP contribution is -2.42. The molecule has 1 unspecified atom stereocenters. The first kappa shape index (κ1) is 20.4. The highest BCUT2D eigenvalue weighted by Gasteiger charge is 2.26. The molecule has 0 spiro atoms. The predicted octanol–water partition coefficient (Wildman–Crippen LogP) is 4.02. The lowest BCUT2D eigenvalue weighted by molar-refractivity contribution is -0.126. The fourth-order valence-corrected chi connectivity index (χ4v) is 4.33. The molecule has 0 bridgehead atoms. The van der Waals surface area contributed by atoms with E-state index in [2.05, 4.69) is 46.5 Å². The monoisotopic (exact) mass is 402 g/mol. The minimum absolute atomic E-state index is 0.0484. The number of amides is 1. The lowest BCUT2D eigenvalue weighted by atomic mass is 9.96. The van der Waals surface area contributed by atoms with Crippen molar-refractivity contribution in [2.24, 2.45) is 5.92 Å². The molecule has 1 aliphatic heterocycles. The van der Waals surface area contributed by atoms with Crippen molar-refractivity contribution in [2.75, 3.05) is 13.1 Å². The number of hydrogen-bond acceptors (Lipinski definition) is 3. The zero-order chi connectivity index (χ0) is 20.9. The molecule has 2 heterocycles. The largest absolute Gasteiger partial charge is 0.352 e. The van der Waals surface area contributed by atoms with Crippen LogP contribution in [-0.4, -0.2) is 33.7 Å². The van der Waals surface area contributed by atoms with Crippen LogP contribution < -0.4 is 5.32 Å². The van der Waals surface area contributed by atoms with Gasteiger partial charge in [0.1, 0.15) is 0 Å².